The minimum Gasteiger partial charge on any atom is -0.389 e. The summed E-state index contributed by atoms with van der Waals surface area (Å²) in [6, 6.07) is 0.0511. The number of aryl methyl sites for hydroxylation is 1. The normalized spacial score (nSPS) is 27.0. The van der Waals surface area contributed by atoms with Crippen LogP contribution < -0.4 is 5.32 Å². The van der Waals surface area contributed by atoms with E-state index in [1.165, 1.54) is 0 Å². The molecule has 2 rings (SSSR count). The number of hydrogen-bond donors (Lipinski definition) is 2. The van der Waals surface area contributed by atoms with Crippen LogP contribution in [0.5, 0.6) is 0 Å². The second-order valence-electron chi connectivity index (χ2n) is 3.61. The third-order valence-corrected chi connectivity index (χ3v) is 2.38. The Balaban J connectivity index is 1.82. The zero-order chi connectivity index (χ0) is 9.97. The van der Waals surface area contributed by atoms with Gasteiger partial charge < -0.3 is 15.2 Å². The SMILES string of the molecule is Cn1cc(CNC2COCC2O)cn1. The van der Waals surface area contributed by atoms with Gasteiger partial charge in [-0.15, -0.1) is 0 Å². The maximum absolute atomic E-state index is 9.46. The molecule has 0 saturated carbocycles. The van der Waals surface area contributed by atoms with Crippen molar-refractivity contribution in [2.75, 3.05) is 13.2 Å². The van der Waals surface area contributed by atoms with Gasteiger partial charge in [0.25, 0.3) is 0 Å². The average molecular weight is 197 g/mol. The van der Waals surface area contributed by atoms with E-state index in [9.17, 15) is 5.11 Å². The Hall–Kier alpha value is -0.910. The van der Waals surface area contributed by atoms with Gasteiger partial charge in [-0.1, -0.05) is 0 Å². The highest BCUT2D eigenvalue weighted by molar-refractivity contribution is 5.03. The Kier molecular flexibility index (Phi) is 2.81. The predicted molar refractivity (Wildman–Crippen MR) is 50.7 cm³/mol. The standard InChI is InChI=1S/C9H15N3O2/c1-12-4-7(3-11-12)2-10-8-5-14-6-9(8)13/h3-4,8-10,13H,2,5-6H2,1H3. The molecular formula is C9H15N3O2. The number of aromatic nitrogens is 2. The van der Waals surface area contributed by atoms with Crippen molar-refractivity contribution in [3.63, 3.8) is 0 Å². The first-order valence-corrected chi connectivity index (χ1v) is 4.72. The summed E-state index contributed by atoms with van der Waals surface area (Å²) in [7, 11) is 1.89. The summed E-state index contributed by atoms with van der Waals surface area (Å²) in [5.74, 6) is 0. The van der Waals surface area contributed by atoms with Crippen molar-refractivity contribution in [3.05, 3.63) is 18.0 Å². The summed E-state index contributed by atoms with van der Waals surface area (Å²) >= 11 is 0. The van der Waals surface area contributed by atoms with Gasteiger partial charge in [0.05, 0.1) is 31.6 Å². The summed E-state index contributed by atoms with van der Waals surface area (Å²) in [5, 5.41) is 16.8. The molecule has 2 N–H and O–H groups in total. The molecule has 1 saturated heterocycles. The molecule has 0 bridgehead atoms. The van der Waals surface area contributed by atoms with Gasteiger partial charge in [0.2, 0.25) is 0 Å². The van der Waals surface area contributed by atoms with Crippen molar-refractivity contribution in [2.45, 2.75) is 18.7 Å². The number of nitrogens with zero attached hydrogens (tertiary/aromatic N) is 2. The first kappa shape index (κ1) is 9.64. The molecule has 0 radical (unpaired) electrons. The molecule has 1 aromatic rings. The van der Waals surface area contributed by atoms with Crippen LogP contribution in [0.15, 0.2) is 12.4 Å². The van der Waals surface area contributed by atoms with E-state index in [1.54, 1.807) is 4.68 Å². The van der Waals surface area contributed by atoms with Gasteiger partial charge in [-0.05, 0) is 0 Å². The number of aliphatic hydroxyl groups is 1. The maximum atomic E-state index is 9.46. The number of nitrogens with one attached hydrogen (secondary N) is 1. The van der Waals surface area contributed by atoms with E-state index in [1.807, 2.05) is 19.4 Å². The molecule has 2 heterocycles. The lowest BCUT2D eigenvalue weighted by atomic mass is 10.2. The van der Waals surface area contributed by atoms with Crippen molar-refractivity contribution in [1.29, 1.82) is 0 Å². The third kappa shape index (κ3) is 2.12. The second-order valence-corrected chi connectivity index (χ2v) is 3.61. The van der Waals surface area contributed by atoms with Gasteiger partial charge in [-0.3, -0.25) is 4.68 Å². The van der Waals surface area contributed by atoms with Crippen LogP contribution in [0.3, 0.4) is 0 Å². The molecular weight excluding hydrogens is 182 g/mol. The van der Waals surface area contributed by atoms with Crippen LogP contribution in [-0.2, 0) is 18.3 Å². The molecule has 14 heavy (non-hydrogen) atoms. The Bertz CT molecular complexity index is 300. The number of ether oxygens (including phenoxy) is 1. The minimum absolute atomic E-state index is 0.0511. The molecule has 0 aromatic carbocycles. The van der Waals surface area contributed by atoms with E-state index in [4.69, 9.17) is 4.74 Å². The van der Waals surface area contributed by atoms with Crippen LogP contribution in [0.1, 0.15) is 5.56 Å². The van der Waals surface area contributed by atoms with Gasteiger partial charge in [0, 0.05) is 25.4 Å². The smallest absolute Gasteiger partial charge is 0.0948 e. The number of hydrogen-bond acceptors (Lipinski definition) is 4. The second kappa shape index (κ2) is 4.08. The highest BCUT2D eigenvalue weighted by Crippen LogP contribution is 2.06. The van der Waals surface area contributed by atoms with Crippen molar-refractivity contribution in [3.8, 4) is 0 Å². The molecule has 5 heteroatoms. The number of rotatable bonds is 3. The van der Waals surface area contributed by atoms with Crippen molar-refractivity contribution < 1.29 is 9.84 Å². The van der Waals surface area contributed by atoms with Crippen LogP contribution in [0, 0.1) is 0 Å². The lowest BCUT2D eigenvalue weighted by Crippen LogP contribution is -2.38. The van der Waals surface area contributed by atoms with Crippen molar-refractivity contribution >= 4 is 0 Å². The van der Waals surface area contributed by atoms with E-state index in [-0.39, 0.29) is 12.1 Å². The van der Waals surface area contributed by atoms with Crippen LogP contribution in [-0.4, -0.2) is 40.2 Å². The molecule has 1 aliphatic heterocycles. The Labute approximate surface area is 82.7 Å². The monoisotopic (exact) mass is 197 g/mol. The molecule has 5 nitrogen and oxygen atoms in total. The Morgan fingerprint density at radius 2 is 2.57 bits per heavy atom. The molecule has 2 atom stereocenters. The van der Waals surface area contributed by atoms with E-state index >= 15 is 0 Å². The summed E-state index contributed by atoms with van der Waals surface area (Å²) in [5.41, 5.74) is 1.12. The predicted octanol–water partition coefficient (Wildman–Crippen LogP) is -0.731. The molecule has 1 fully saturated rings. The van der Waals surface area contributed by atoms with Crippen molar-refractivity contribution in [1.82, 2.24) is 15.1 Å². The summed E-state index contributed by atoms with van der Waals surface area (Å²) in [6.07, 6.45) is 3.39. The van der Waals surface area contributed by atoms with E-state index in [2.05, 4.69) is 10.4 Å². The van der Waals surface area contributed by atoms with Crippen LogP contribution >= 0.6 is 0 Å². The zero-order valence-electron chi connectivity index (χ0n) is 8.18. The van der Waals surface area contributed by atoms with E-state index < -0.39 is 0 Å². The fraction of sp³-hybridized carbons (Fsp3) is 0.667. The molecule has 78 valence electrons. The van der Waals surface area contributed by atoms with Crippen LogP contribution in [0.25, 0.3) is 0 Å². The maximum Gasteiger partial charge on any atom is 0.0948 e. The fourth-order valence-electron chi connectivity index (χ4n) is 1.55. The summed E-state index contributed by atoms with van der Waals surface area (Å²) in [6.45, 7) is 1.74. The average Bonchev–Trinajstić information content (AvgIpc) is 2.72. The quantitative estimate of drug-likeness (QED) is 0.670. The zero-order valence-corrected chi connectivity index (χ0v) is 8.18. The first-order chi connectivity index (χ1) is 6.75. The highest BCUT2D eigenvalue weighted by Gasteiger charge is 2.25. The molecule has 0 aliphatic carbocycles. The van der Waals surface area contributed by atoms with E-state index in [0.717, 1.165) is 12.1 Å². The fourth-order valence-corrected chi connectivity index (χ4v) is 1.55. The minimum atomic E-state index is -0.383. The lowest BCUT2D eigenvalue weighted by Gasteiger charge is -2.13. The molecule has 1 aliphatic rings. The number of aliphatic hydroxyl groups excluding tert-OH is 1. The van der Waals surface area contributed by atoms with Crippen LogP contribution in [0.4, 0.5) is 0 Å². The highest BCUT2D eigenvalue weighted by atomic mass is 16.5. The summed E-state index contributed by atoms with van der Waals surface area (Å²) < 4.78 is 6.89. The molecule has 2 unspecified atom stereocenters. The molecule has 0 amide bonds. The Morgan fingerprint density at radius 1 is 1.71 bits per heavy atom. The van der Waals surface area contributed by atoms with Gasteiger partial charge in [-0.2, -0.15) is 5.10 Å². The summed E-state index contributed by atoms with van der Waals surface area (Å²) in [4.78, 5) is 0. The lowest BCUT2D eigenvalue weighted by molar-refractivity contribution is 0.122. The molecule has 1 aromatic heterocycles. The van der Waals surface area contributed by atoms with Crippen molar-refractivity contribution in [2.24, 2.45) is 7.05 Å². The van der Waals surface area contributed by atoms with Gasteiger partial charge in [0.1, 0.15) is 0 Å². The van der Waals surface area contributed by atoms with E-state index in [0.29, 0.717) is 13.2 Å². The van der Waals surface area contributed by atoms with Gasteiger partial charge >= 0.3 is 0 Å². The molecule has 0 spiro atoms. The van der Waals surface area contributed by atoms with Gasteiger partial charge in [0.15, 0.2) is 0 Å². The first-order valence-electron chi connectivity index (χ1n) is 4.72. The topological polar surface area (TPSA) is 59.3 Å². The third-order valence-electron chi connectivity index (χ3n) is 2.38. The Morgan fingerprint density at radius 3 is 3.14 bits per heavy atom. The van der Waals surface area contributed by atoms with Crippen LogP contribution in [0.2, 0.25) is 0 Å². The van der Waals surface area contributed by atoms with Gasteiger partial charge in [-0.25, -0.2) is 0 Å². The largest absolute Gasteiger partial charge is 0.389 e.